The highest BCUT2D eigenvalue weighted by atomic mass is 16.5. The van der Waals surface area contributed by atoms with Gasteiger partial charge in [0.1, 0.15) is 5.75 Å². The first-order valence-corrected chi connectivity index (χ1v) is 7.55. The largest absolute Gasteiger partial charge is 0.481 e. The average Bonchev–Trinajstić information content (AvgIpc) is 3.13. The number of hydrogen-bond acceptors (Lipinski definition) is 5. The lowest BCUT2D eigenvalue weighted by Gasteiger charge is -2.11. The van der Waals surface area contributed by atoms with Gasteiger partial charge >= 0.3 is 0 Å². The second-order valence-electron chi connectivity index (χ2n) is 5.19. The van der Waals surface area contributed by atoms with Crippen molar-refractivity contribution < 1.29 is 14.1 Å². The van der Waals surface area contributed by atoms with E-state index in [1.165, 1.54) is 0 Å². The molecule has 0 spiro atoms. The van der Waals surface area contributed by atoms with Crippen molar-refractivity contribution in [3.05, 3.63) is 66.1 Å². The number of aromatic nitrogens is 2. The summed E-state index contributed by atoms with van der Waals surface area (Å²) in [5, 5.41) is 6.55. The van der Waals surface area contributed by atoms with Gasteiger partial charge in [0.05, 0.1) is 0 Å². The lowest BCUT2D eigenvalue weighted by atomic mass is 10.2. The summed E-state index contributed by atoms with van der Waals surface area (Å²) in [5.74, 6) is 1.40. The molecule has 0 aliphatic carbocycles. The van der Waals surface area contributed by atoms with Crippen LogP contribution in [0.25, 0.3) is 11.4 Å². The fraction of sp³-hybridized carbons (Fsp3) is 0.167. The van der Waals surface area contributed by atoms with Crippen molar-refractivity contribution in [3.8, 4) is 17.1 Å². The third-order valence-electron chi connectivity index (χ3n) is 3.48. The quantitative estimate of drug-likeness (QED) is 0.780. The zero-order valence-corrected chi connectivity index (χ0v) is 13.4. The van der Waals surface area contributed by atoms with E-state index in [0.717, 1.165) is 5.56 Å². The van der Waals surface area contributed by atoms with Gasteiger partial charge in [-0.2, -0.15) is 4.98 Å². The van der Waals surface area contributed by atoms with Crippen LogP contribution in [0.4, 0.5) is 0 Å². The molecule has 0 fully saturated rings. The topological polar surface area (TPSA) is 77.2 Å². The van der Waals surface area contributed by atoms with Crippen LogP contribution in [0.1, 0.15) is 29.3 Å². The molecule has 0 bridgehead atoms. The molecule has 0 saturated carbocycles. The number of rotatable bonds is 5. The van der Waals surface area contributed by atoms with E-state index in [-0.39, 0.29) is 5.91 Å². The van der Waals surface area contributed by atoms with Crippen LogP contribution in [0.15, 0.2) is 59.1 Å². The van der Waals surface area contributed by atoms with E-state index >= 15 is 0 Å². The summed E-state index contributed by atoms with van der Waals surface area (Å²) in [6.45, 7) is 1.83. The minimum Gasteiger partial charge on any atom is -0.481 e. The molecule has 1 amide bonds. The van der Waals surface area contributed by atoms with Gasteiger partial charge in [-0.25, -0.2) is 0 Å². The predicted molar refractivity (Wildman–Crippen MR) is 88.6 cm³/mol. The summed E-state index contributed by atoms with van der Waals surface area (Å²) in [7, 11) is 1.59. The van der Waals surface area contributed by atoms with Gasteiger partial charge in [-0.1, -0.05) is 35.5 Å². The van der Waals surface area contributed by atoms with E-state index in [0.29, 0.717) is 23.0 Å². The van der Waals surface area contributed by atoms with Crippen LogP contribution >= 0.6 is 0 Å². The molecule has 3 rings (SSSR count). The molecule has 6 nitrogen and oxygen atoms in total. The van der Waals surface area contributed by atoms with E-state index in [9.17, 15) is 4.79 Å². The van der Waals surface area contributed by atoms with Crippen LogP contribution in [0.5, 0.6) is 5.75 Å². The first kappa shape index (κ1) is 15.7. The lowest BCUT2D eigenvalue weighted by molar-refractivity contribution is 0.0963. The molecule has 1 heterocycles. The molecule has 0 radical (unpaired) electrons. The zero-order valence-electron chi connectivity index (χ0n) is 13.4. The standard InChI is InChI=1S/C18H17N3O3/c1-12(23-15-10-8-14(9-11-15)17(22)19-2)18-20-16(21-24-18)13-6-4-3-5-7-13/h3-12H,1-2H3,(H,19,22)/t12-/m0/s1. The lowest BCUT2D eigenvalue weighted by Crippen LogP contribution is -2.17. The van der Waals surface area contributed by atoms with Crippen LogP contribution in [0, 0.1) is 0 Å². The van der Waals surface area contributed by atoms with Crippen LogP contribution in [0.2, 0.25) is 0 Å². The Morgan fingerprint density at radius 2 is 1.83 bits per heavy atom. The Kier molecular flexibility index (Phi) is 4.56. The number of amides is 1. The number of ether oxygens (including phenoxy) is 1. The van der Waals surface area contributed by atoms with Crippen molar-refractivity contribution in [2.24, 2.45) is 0 Å². The van der Waals surface area contributed by atoms with Crippen molar-refractivity contribution >= 4 is 5.91 Å². The van der Waals surface area contributed by atoms with Gasteiger partial charge in [0.15, 0.2) is 6.10 Å². The fourth-order valence-electron chi connectivity index (χ4n) is 2.19. The normalized spacial score (nSPS) is 11.8. The highest BCUT2D eigenvalue weighted by Crippen LogP contribution is 2.23. The molecule has 0 aliphatic heterocycles. The maximum absolute atomic E-state index is 11.5. The van der Waals surface area contributed by atoms with Crippen LogP contribution in [-0.4, -0.2) is 23.1 Å². The van der Waals surface area contributed by atoms with Gasteiger partial charge in [-0.15, -0.1) is 0 Å². The molecule has 6 heteroatoms. The Bertz CT molecular complexity index is 813. The third-order valence-corrected chi connectivity index (χ3v) is 3.48. The summed E-state index contributed by atoms with van der Waals surface area (Å²) in [4.78, 5) is 15.9. The summed E-state index contributed by atoms with van der Waals surface area (Å²) in [6.07, 6.45) is -0.402. The highest BCUT2D eigenvalue weighted by molar-refractivity contribution is 5.94. The maximum atomic E-state index is 11.5. The first-order valence-electron chi connectivity index (χ1n) is 7.55. The SMILES string of the molecule is CNC(=O)c1ccc(O[C@@H](C)c2nc(-c3ccccc3)no2)cc1. The maximum Gasteiger partial charge on any atom is 0.267 e. The number of benzene rings is 2. The van der Waals surface area contributed by atoms with Gasteiger partial charge in [-0.05, 0) is 31.2 Å². The van der Waals surface area contributed by atoms with Gasteiger partial charge in [-0.3, -0.25) is 4.79 Å². The molecule has 1 N–H and O–H groups in total. The number of carbonyl (C=O) groups excluding carboxylic acids is 1. The van der Waals surface area contributed by atoms with E-state index < -0.39 is 6.10 Å². The molecule has 1 atom stereocenters. The number of hydrogen-bond donors (Lipinski definition) is 1. The van der Waals surface area contributed by atoms with Crippen LogP contribution < -0.4 is 10.1 Å². The molecule has 0 unspecified atom stereocenters. The number of carbonyl (C=O) groups is 1. The highest BCUT2D eigenvalue weighted by Gasteiger charge is 2.17. The Hall–Kier alpha value is -3.15. The molecule has 122 valence electrons. The Balaban J connectivity index is 1.70. The molecular weight excluding hydrogens is 306 g/mol. The Labute approximate surface area is 139 Å². The average molecular weight is 323 g/mol. The van der Waals surface area contributed by atoms with Crippen molar-refractivity contribution in [2.45, 2.75) is 13.0 Å². The smallest absolute Gasteiger partial charge is 0.267 e. The molecule has 0 saturated heterocycles. The molecule has 24 heavy (non-hydrogen) atoms. The zero-order chi connectivity index (χ0) is 16.9. The summed E-state index contributed by atoms with van der Waals surface area (Å²) in [6, 6.07) is 16.5. The number of nitrogens with zero attached hydrogens (tertiary/aromatic N) is 2. The van der Waals surface area contributed by atoms with Crippen LogP contribution in [0.3, 0.4) is 0 Å². The summed E-state index contributed by atoms with van der Waals surface area (Å²) in [5.41, 5.74) is 1.45. The van der Waals surface area contributed by atoms with Crippen molar-refractivity contribution in [2.75, 3.05) is 7.05 Å². The van der Waals surface area contributed by atoms with E-state index in [1.54, 1.807) is 31.3 Å². The molecule has 3 aromatic rings. The van der Waals surface area contributed by atoms with Gasteiger partial charge in [0.2, 0.25) is 5.82 Å². The number of nitrogens with one attached hydrogen (secondary N) is 1. The van der Waals surface area contributed by atoms with Gasteiger partial charge in [0.25, 0.3) is 11.8 Å². The van der Waals surface area contributed by atoms with E-state index in [2.05, 4.69) is 15.5 Å². The van der Waals surface area contributed by atoms with Crippen LogP contribution in [-0.2, 0) is 0 Å². The molecule has 0 aliphatic rings. The minimum absolute atomic E-state index is 0.140. The first-order chi connectivity index (χ1) is 11.7. The molecule has 2 aromatic carbocycles. The van der Waals surface area contributed by atoms with Crippen molar-refractivity contribution in [3.63, 3.8) is 0 Å². The second-order valence-corrected chi connectivity index (χ2v) is 5.19. The van der Waals surface area contributed by atoms with E-state index in [1.807, 2.05) is 37.3 Å². The van der Waals surface area contributed by atoms with Gasteiger partial charge in [0, 0.05) is 18.2 Å². The fourth-order valence-corrected chi connectivity index (χ4v) is 2.19. The predicted octanol–water partition coefficient (Wildman–Crippen LogP) is 3.24. The second kappa shape index (κ2) is 6.95. The summed E-state index contributed by atoms with van der Waals surface area (Å²) < 4.78 is 11.1. The van der Waals surface area contributed by atoms with Crippen molar-refractivity contribution in [1.29, 1.82) is 0 Å². The minimum atomic E-state index is -0.402. The molecular formula is C18H17N3O3. The summed E-state index contributed by atoms with van der Waals surface area (Å²) >= 11 is 0. The molecule has 1 aromatic heterocycles. The van der Waals surface area contributed by atoms with Crippen molar-refractivity contribution in [1.82, 2.24) is 15.5 Å². The third kappa shape index (κ3) is 3.43. The monoisotopic (exact) mass is 323 g/mol. The Morgan fingerprint density at radius 3 is 2.50 bits per heavy atom. The van der Waals surface area contributed by atoms with Gasteiger partial charge < -0.3 is 14.6 Å². The Morgan fingerprint density at radius 1 is 1.12 bits per heavy atom. The van der Waals surface area contributed by atoms with E-state index in [4.69, 9.17) is 9.26 Å².